The van der Waals surface area contributed by atoms with E-state index in [9.17, 15) is 4.91 Å². The minimum absolute atomic E-state index is 0.0690. The highest BCUT2D eigenvalue weighted by molar-refractivity contribution is 5.66. The highest BCUT2D eigenvalue weighted by atomic mass is 16.5. The van der Waals surface area contributed by atoms with Crippen LogP contribution in [0.15, 0.2) is 23.5 Å². The third-order valence-electron chi connectivity index (χ3n) is 4.34. The average molecular weight is 306 g/mol. The number of nitrogens with zero attached hydrogens (tertiary/aromatic N) is 4. The van der Waals surface area contributed by atoms with E-state index in [0.29, 0.717) is 23.8 Å². The summed E-state index contributed by atoms with van der Waals surface area (Å²) in [6.45, 7) is 5.32. The number of hydrogen-bond acceptors (Lipinski definition) is 6. The van der Waals surface area contributed by atoms with Crippen molar-refractivity contribution < 1.29 is 9.47 Å². The number of piperazine rings is 1. The summed E-state index contributed by atoms with van der Waals surface area (Å²) in [6, 6.07) is 5.44. The maximum absolute atomic E-state index is 11.4. The van der Waals surface area contributed by atoms with Crippen LogP contribution in [0.2, 0.25) is 0 Å². The minimum atomic E-state index is -0.0690. The second-order valence-corrected chi connectivity index (χ2v) is 5.80. The van der Waals surface area contributed by atoms with Gasteiger partial charge in [0.25, 0.3) is 0 Å². The van der Waals surface area contributed by atoms with E-state index in [1.165, 1.54) is 5.01 Å². The van der Waals surface area contributed by atoms with E-state index >= 15 is 0 Å². The lowest BCUT2D eigenvalue weighted by molar-refractivity contribution is 0.130. The van der Waals surface area contributed by atoms with Crippen molar-refractivity contribution in [2.45, 2.75) is 6.04 Å². The van der Waals surface area contributed by atoms with Gasteiger partial charge >= 0.3 is 0 Å². The standard InChI is InChI=1S/C15H22N4O3/c1-17-6-8-18(9-7-17)10-12-11-22-15-13(19(12)16-20)4-3-5-14(15)21-2/h3-5,12H,6-11H2,1-2H3. The van der Waals surface area contributed by atoms with Crippen molar-refractivity contribution in [3.05, 3.63) is 23.1 Å². The zero-order valence-electron chi connectivity index (χ0n) is 13.1. The second kappa shape index (κ2) is 6.50. The molecular weight excluding hydrogens is 284 g/mol. The summed E-state index contributed by atoms with van der Waals surface area (Å²) in [6.07, 6.45) is 0. The molecule has 2 aliphatic heterocycles. The summed E-state index contributed by atoms with van der Waals surface area (Å²) in [5, 5.41) is 4.76. The van der Waals surface area contributed by atoms with Crippen LogP contribution in [-0.4, -0.2) is 69.3 Å². The Bertz CT molecular complexity index is 532. The quantitative estimate of drug-likeness (QED) is 0.779. The first-order valence-electron chi connectivity index (χ1n) is 7.56. The molecule has 22 heavy (non-hydrogen) atoms. The monoisotopic (exact) mass is 306 g/mol. The minimum Gasteiger partial charge on any atom is -0.493 e. The maximum atomic E-state index is 11.4. The molecule has 3 rings (SSSR count). The van der Waals surface area contributed by atoms with Gasteiger partial charge in [-0.2, -0.15) is 0 Å². The molecule has 120 valence electrons. The fourth-order valence-electron chi connectivity index (χ4n) is 3.01. The van der Waals surface area contributed by atoms with E-state index in [0.717, 1.165) is 32.7 Å². The predicted octanol–water partition coefficient (Wildman–Crippen LogP) is 1.19. The second-order valence-electron chi connectivity index (χ2n) is 5.80. The molecule has 1 aromatic carbocycles. The lowest BCUT2D eigenvalue weighted by Crippen LogP contribution is -2.52. The summed E-state index contributed by atoms with van der Waals surface area (Å²) in [5.74, 6) is 1.23. The highest BCUT2D eigenvalue weighted by Gasteiger charge is 2.32. The summed E-state index contributed by atoms with van der Waals surface area (Å²) in [5.41, 5.74) is 0.680. The number of nitroso groups, excluding NO2 is 1. The molecule has 0 aliphatic carbocycles. The maximum Gasteiger partial charge on any atom is 0.186 e. The molecule has 0 N–H and O–H groups in total. The number of benzene rings is 1. The van der Waals surface area contributed by atoms with Crippen molar-refractivity contribution in [2.75, 3.05) is 58.5 Å². The first-order valence-corrected chi connectivity index (χ1v) is 7.56. The van der Waals surface area contributed by atoms with Crippen LogP contribution in [0.3, 0.4) is 0 Å². The van der Waals surface area contributed by atoms with Crippen molar-refractivity contribution in [3.8, 4) is 11.5 Å². The molecule has 1 atom stereocenters. The third-order valence-corrected chi connectivity index (χ3v) is 4.34. The molecule has 0 bridgehead atoms. The fraction of sp³-hybridized carbons (Fsp3) is 0.600. The number of anilines is 1. The fourth-order valence-corrected chi connectivity index (χ4v) is 3.01. The zero-order valence-corrected chi connectivity index (χ0v) is 13.1. The van der Waals surface area contributed by atoms with Crippen molar-refractivity contribution in [3.63, 3.8) is 0 Å². The topological polar surface area (TPSA) is 57.6 Å². The molecule has 2 heterocycles. The van der Waals surface area contributed by atoms with Gasteiger partial charge in [0.05, 0.1) is 12.4 Å². The summed E-state index contributed by atoms with van der Waals surface area (Å²) < 4.78 is 11.1. The molecule has 7 heteroatoms. The van der Waals surface area contributed by atoms with Gasteiger partial charge in [-0.3, -0.25) is 4.90 Å². The van der Waals surface area contributed by atoms with E-state index in [4.69, 9.17) is 9.47 Å². The number of rotatable bonds is 4. The van der Waals surface area contributed by atoms with Crippen LogP contribution >= 0.6 is 0 Å². The number of ether oxygens (including phenoxy) is 2. The van der Waals surface area contributed by atoms with E-state index in [-0.39, 0.29) is 6.04 Å². The van der Waals surface area contributed by atoms with Crippen molar-refractivity contribution in [2.24, 2.45) is 5.29 Å². The number of hydrogen-bond donors (Lipinski definition) is 0. The van der Waals surface area contributed by atoms with Crippen molar-refractivity contribution in [1.29, 1.82) is 0 Å². The first-order chi connectivity index (χ1) is 10.7. The van der Waals surface area contributed by atoms with Crippen LogP contribution < -0.4 is 14.5 Å². The SMILES string of the molecule is COc1cccc2c1OCC(CN1CCN(C)CC1)N2N=O. The van der Waals surface area contributed by atoms with E-state index < -0.39 is 0 Å². The van der Waals surface area contributed by atoms with E-state index in [2.05, 4.69) is 22.1 Å². The van der Waals surface area contributed by atoms with Gasteiger partial charge in [-0.15, -0.1) is 4.91 Å². The Morgan fingerprint density at radius 2 is 2.09 bits per heavy atom. The molecule has 0 spiro atoms. The van der Waals surface area contributed by atoms with Crippen LogP contribution in [0.4, 0.5) is 5.69 Å². The molecular formula is C15H22N4O3. The highest BCUT2D eigenvalue weighted by Crippen LogP contribution is 2.41. The molecule has 0 radical (unpaired) electrons. The van der Waals surface area contributed by atoms with Gasteiger partial charge < -0.3 is 14.4 Å². The smallest absolute Gasteiger partial charge is 0.186 e. The molecule has 1 unspecified atom stereocenters. The Labute approximate surface area is 130 Å². The van der Waals surface area contributed by atoms with Gasteiger partial charge in [0, 0.05) is 32.7 Å². The third kappa shape index (κ3) is 2.86. The molecule has 2 aliphatic rings. The number of methoxy groups -OCH3 is 1. The average Bonchev–Trinajstić information content (AvgIpc) is 2.56. The molecule has 0 saturated carbocycles. The van der Waals surface area contributed by atoms with Gasteiger partial charge in [-0.25, -0.2) is 5.01 Å². The van der Waals surface area contributed by atoms with Gasteiger partial charge in [0.1, 0.15) is 18.3 Å². The van der Waals surface area contributed by atoms with Crippen LogP contribution in [0.5, 0.6) is 11.5 Å². The Hall–Kier alpha value is -1.86. The zero-order chi connectivity index (χ0) is 15.5. The molecule has 0 amide bonds. The van der Waals surface area contributed by atoms with Crippen LogP contribution in [0.1, 0.15) is 0 Å². The van der Waals surface area contributed by atoms with Crippen molar-refractivity contribution in [1.82, 2.24) is 9.80 Å². The number of para-hydroxylation sites is 1. The lowest BCUT2D eigenvalue weighted by atomic mass is 10.1. The summed E-state index contributed by atoms with van der Waals surface area (Å²) >= 11 is 0. The molecule has 7 nitrogen and oxygen atoms in total. The largest absolute Gasteiger partial charge is 0.493 e. The summed E-state index contributed by atoms with van der Waals surface area (Å²) in [7, 11) is 3.72. The van der Waals surface area contributed by atoms with E-state index in [1.807, 2.05) is 18.2 Å². The molecule has 0 aromatic heterocycles. The normalized spacial score (nSPS) is 22.8. The number of likely N-dealkylation sites (N-methyl/N-ethyl adjacent to an activating group) is 1. The van der Waals surface area contributed by atoms with Crippen LogP contribution in [0.25, 0.3) is 0 Å². The predicted molar refractivity (Wildman–Crippen MR) is 84.5 cm³/mol. The van der Waals surface area contributed by atoms with Crippen molar-refractivity contribution >= 4 is 5.69 Å². The van der Waals surface area contributed by atoms with Crippen LogP contribution in [0, 0.1) is 4.91 Å². The first kappa shape index (κ1) is 15.1. The Morgan fingerprint density at radius 3 is 2.77 bits per heavy atom. The number of fused-ring (bicyclic) bond motifs is 1. The lowest BCUT2D eigenvalue weighted by Gasteiger charge is -2.38. The Balaban J connectivity index is 1.75. The van der Waals surface area contributed by atoms with Gasteiger partial charge in [0.15, 0.2) is 11.5 Å². The van der Waals surface area contributed by atoms with Gasteiger partial charge in [-0.1, -0.05) is 6.07 Å². The van der Waals surface area contributed by atoms with Crippen LogP contribution in [-0.2, 0) is 0 Å². The van der Waals surface area contributed by atoms with Gasteiger partial charge in [0.2, 0.25) is 0 Å². The summed E-state index contributed by atoms with van der Waals surface area (Å²) in [4.78, 5) is 16.0. The van der Waals surface area contributed by atoms with E-state index in [1.54, 1.807) is 7.11 Å². The Kier molecular flexibility index (Phi) is 4.44. The Morgan fingerprint density at radius 1 is 1.32 bits per heavy atom. The van der Waals surface area contributed by atoms with Gasteiger partial charge in [-0.05, 0) is 19.2 Å². The molecule has 1 aromatic rings. The molecule has 1 fully saturated rings. The molecule has 1 saturated heterocycles.